The lowest BCUT2D eigenvalue weighted by Gasteiger charge is -2.05. The average molecular weight is 353 g/mol. The molecule has 2 aromatic heterocycles. The van der Waals surface area contributed by atoms with Gasteiger partial charge in [0.15, 0.2) is 0 Å². The third-order valence-corrected chi connectivity index (χ3v) is 4.62. The second kappa shape index (κ2) is 8.39. The van der Waals surface area contributed by atoms with Crippen LogP contribution in [0.5, 0.6) is 5.75 Å². The maximum Gasteiger partial charge on any atom is 0.224 e. The van der Waals surface area contributed by atoms with Crippen LogP contribution in [0.3, 0.4) is 0 Å². The van der Waals surface area contributed by atoms with Crippen LogP contribution in [0.2, 0.25) is 0 Å². The smallest absolute Gasteiger partial charge is 0.224 e. The number of amides is 1. The zero-order chi connectivity index (χ0) is 17.5. The summed E-state index contributed by atoms with van der Waals surface area (Å²) in [5, 5.41) is 5.99. The number of rotatable bonds is 7. The van der Waals surface area contributed by atoms with Crippen LogP contribution >= 0.6 is 11.3 Å². The number of hydrogen-bond acceptors (Lipinski definition) is 5. The number of methoxy groups -OCH3 is 1. The molecule has 2 heterocycles. The van der Waals surface area contributed by atoms with Crippen molar-refractivity contribution in [1.82, 2.24) is 15.3 Å². The Labute approximate surface area is 150 Å². The predicted molar refractivity (Wildman–Crippen MR) is 98.8 cm³/mol. The molecule has 1 aromatic carbocycles. The summed E-state index contributed by atoms with van der Waals surface area (Å²) in [6.07, 6.45) is 4.61. The Morgan fingerprint density at radius 2 is 1.92 bits per heavy atom. The summed E-state index contributed by atoms with van der Waals surface area (Å²) in [6, 6.07) is 11.4. The first-order valence-corrected chi connectivity index (χ1v) is 8.87. The summed E-state index contributed by atoms with van der Waals surface area (Å²) in [6.45, 7) is 0.582. The Bertz CT molecular complexity index is 816. The van der Waals surface area contributed by atoms with Gasteiger partial charge >= 0.3 is 0 Å². The van der Waals surface area contributed by atoms with E-state index in [0.29, 0.717) is 13.0 Å². The molecule has 25 heavy (non-hydrogen) atoms. The first-order valence-electron chi connectivity index (χ1n) is 7.99. The molecule has 6 heteroatoms. The van der Waals surface area contributed by atoms with E-state index in [0.717, 1.165) is 34.0 Å². The molecule has 0 atom stereocenters. The van der Waals surface area contributed by atoms with Gasteiger partial charge < -0.3 is 10.1 Å². The van der Waals surface area contributed by atoms with Crippen LogP contribution in [-0.4, -0.2) is 29.5 Å². The minimum Gasteiger partial charge on any atom is -0.497 e. The highest BCUT2D eigenvalue weighted by molar-refractivity contribution is 7.09. The van der Waals surface area contributed by atoms with E-state index in [1.54, 1.807) is 30.8 Å². The fourth-order valence-electron chi connectivity index (χ4n) is 2.38. The SMILES string of the molecule is COc1ccc(CC(=O)NCCc2nc(-c3ccncc3)cs2)cc1. The maximum absolute atomic E-state index is 12.0. The van der Waals surface area contributed by atoms with Crippen molar-refractivity contribution in [2.45, 2.75) is 12.8 Å². The molecule has 5 nitrogen and oxygen atoms in total. The minimum absolute atomic E-state index is 0.0103. The third kappa shape index (κ3) is 4.87. The fourth-order valence-corrected chi connectivity index (χ4v) is 3.19. The number of thiazole rings is 1. The Kier molecular flexibility index (Phi) is 5.74. The van der Waals surface area contributed by atoms with Gasteiger partial charge in [-0.1, -0.05) is 12.1 Å². The molecule has 0 fully saturated rings. The second-order valence-corrected chi connectivity index (χ2v) is 6.43. The third-order valence-electron chi connectivity index (χ3n) is 3.71. The molecule has 3 aromatic rings. The van der Waals surface area contributed by atoms with Gasteiger partial charge in [0, 0.05) is 36.3 Å². The van der Waals surface area contributed by atoms with Gasteiger partial charge in [0.1, 0.15) is 5.75 Å². The Hall–Kier alpha value is -2.73. The van der Waals surface area contributed by atoms with Crippen LogP contribution in [0.15, 0.2) is 54.2 Å². The van der Waals surface area contributed by atoms with Gasteiger partial charge in [-0.05, 0) is 29.8 Å². The number of carbonyl (C=O) groups excluding carboxylic acids is 1. The van der Waals surface area contributed by atoms with E-state index >= 15 is 0 Å². The molecule has 0 unspecified atom stereocenters. The monoisotopic (exact) mass is 353 g/mol. The summed E-state index contributed by atoms with van der Waals surface area (Å²) in [4.78, 5) is 20.6. The summed E-state index contributed by atoms with van der Waals surface area (Å²) >= 11 is 1.61. The van der Waals surface area contributed by atoms with Gasteiger partial charge in [-0.2, -0.15) is 0 Å². The number of benzene rings is 1. The summed E-state index contributed by atoms with van der Waals surface area (Å²) in [5.41, 5.74) is 2.97. The molecule has 3 rings (SSSR count). The molecular formula is C19H19N3O2S. The highest BCUT2D eigenvalue weighted by Gasteiger charge is 2.06. The molecular weight excluding hydrogens is 334 g/mol. The van der Waals surface area contributed by atoms with Crippen molar-refractivity contribution in [3.8, 4) is 17.0 Å². The average Bonchev–Trinajstić information content (AvgIpc) is 3.12. The largest absolute Gasteiger partial charge is 0.497 e. The summed E-state index contributed by atoms with van der Waals surface area (Å²) < 4.78 is 5.11. The Morgan fingerprint density at radius 3 is 2.64 bits per heavy atom. The zero-order valence-electron chi connectivity index (χ0n) is 13.9. The highest BCUT2D eigenvalue weighted by atomic mass is 32.1. The Morgan fingerprint density at radius 1 is 1.16 bits per heavy atom. The molecule has 0 saturated carbocycles. The van der Waals surface area contributed by atoms with E-state index < -0.39 is 0 Å². The quantitative estimate of drug-likeness (QED) is 0.709. The van der Waals surface area contributed by atoms with E-state index in [4.69, 9.17) is 4.74 Å². The van der Waals surface area contributed by atoms with Crippen LogP contribution in [-0.2, 0) is 17.6 Å². The first-order chi connectivity index (χ1) is 12.2. The van der Waals surface area contributed by atoms with Crippen molar-refractivity contribution in [2.24, 2.45) is 0 Å². The summed E-state index contributed by atoms with van der Waals surface area (Å²) in [5.74, 6) is 0.800. The van der Waals surface area contributed by atoms with Crippen molar-refractivity contribution < 1.29 is 9.53 Å². The molecule has 0 aliphatic rings. The van der Waals surface area contributed by atoms with E-state index in [-0.39, 0.29) is 5.91 Å². The van der Waals surface area contributed by atoms with Gasteiger partial charge in [0.05, 0.1) is 24.2 Å². The van der Waals surface area contributed by atoms with Crippen molar-refractivity contribution >= 4 is 17.2 Å². The number of ether oxygens (including phenoxy) is 1. The molecule has 0 bridgehead atoms. The molecule has 1 amide bonds. The topological polar surface area (TPSA) is 64.1 Å². The second-order valence-electron chi connectivity index (χ2n) is 5.49. The van der Waals surface area contributed by atoms with Crippen molar-refractivity contribution in [2.75, 3.05) is 13.7 Å². The summed E-state index contributed by atoms with van der Waals surface area (Å²) in [7, 11) is 1.63. The minimum atomic E-state index is 0.0103. The zero-order valence-corrected chi connectivity index (χ0v) is 14.8. The van der Waals surface area contributed by atoms with Gasteiger partial charge in [-0.15, -0.1) is 11.3 Å². The van der Waals surface area contributed by atoms with Crippen molar-refractivity contribution in [3.63, 3.8) is 0 Å². The molecule has 128 valence electrons. The van der Waals surface area contributed by atoms with E-state index in [1.165, 1.54) is 0 Å². The van der Waals surface area contributed by atoms with Crippen LogP contribution in [0.25, 0.3) is 11.3 Å². The molecule has 0 aliphatic heterocycles. The highest BCUT2D eigenvalue weighted by Crippen LogP contribution is 2.21. The van der Waals surface area contributed by atoms with Crippen LogP contribution < -0.4 is 10.1 Å². The maximum atomic E-state index is 12.0. The van der Waals surface area contributed by atoms with Crippen LogP contribution in [0.4, 0.5) is 0 Å². The van der Waals surface area contributed by atoms with Gasteiger partial charge in [0.2, 0.25) is 5.91 Å². The molecule has 0 aliphatic carbocycles. The molecule has 0 saturated heterocycles. The molecule has 0 spiro atoms. The molecule has 0 radical (unpaired) electrons. The van der Waals surface area contributed by atoms with E-state index in [2.05, 4.69) is 15.3 Å². The number of hydrogen-bond donors (Lipinski definition) is 1. The van der Waals surface area contributed by atoms with Crippen molar-refractivity contribution in [1.29, 1.82) is 0 Å². The van der Waals surface area contributed by atoms with Gasteiger partial charge in [-0.3, -0.25) is 9.78 Å². The van der Waals surface area contributed by atoms with Crippen LogP contribution in [0, 0.1) is 0 Å². The normalized spacial score (nSPS) is 10.4. The van der Waals surface area contributed by atoms with Crippen molar-refractivity contribution in [3.05, 3.63) is 64.7 Å². The van der Waals surface area contributed by atoms with Gasteiger partial charge in [-0.25, -0.2) is 4.98 Å². The Balaban J connectivity index is 1.46. The lowest BCUT2D eigenvalue weighted by atomic mass is 10.1. The number of aromatic nitrogens is 2. The fraction of sp³-hybridized carbons (Fsp3) is 0.211. The lowest BCUT2D eigenvalue weighted by Crippen LogP contribution is -2.27. The number of nitrogens with one attached hydrogen (secondary N) is 1. The predicted octanol–water partition coefficient (Wildman–Crippen LogP) is 3.12. The number of nitrogens with zero attached hydrogens (tertiary/aromatic N) is 2. The van der Waals surface area contributed by atoms with Crippen LogP contribution in [0.1, 0.15) is 10.6 Å². The van der Waals surface area contributed by atoms with Gasteiger partial charge in [0.25, 0.3) is 0 Å². The first kappa shape index (κ1) is 17.1. The number of pyridine rings is 1. The number of carbonyl (C=O) groups is 1. The lowest BCUT2D eigenvalue weighted by molar-refractivity contribution is -0.120. The molecule has 1 N–H and O–H groups in total. The standard InChI is InChI=1S/C19H19N3O2S/c1-24-16-4-2-14(3-5-16)12-18(23)21-11-8-19-22-17(13-25-19)15-6-9-20-10-7-15/h2-7,9-10,13H,8,11-12H2,1H3,(H,21,23). The van der Waals surface area contributed by atoms with E-state index in [1.807, 2.05) is 41.8 Å². The van der Waals surface area contributed by atoms with E-state index in [9.17, 15) is 4.79 Å².